The normalized spacial score (nSPS) is 11.7. The zero-order chi connectivity index (χ0) is 41.2. The number of nitrogens with zero attached hydrogens (tertiary/aromatic N) is 4. The highest BCUT2D eigenvalue weighted by atomic mass is 35.5. The van der Waals surface area contributed by atoms with Crippen LogP contribution in [-0.2, 0) is 27.2 Å². The summed E-state index contributed by atoms with van der Waals surface area (Å²) in [7, 11) is 1.26. The lowest BCUT2D eigenvalue weighted by Crippen LogP contribution is -2.31. The third-order valence-electron chi connectivity index (χ3n) is 8.80. The maximum Gasteiger partial charge on any atom is 0.329 e. The summed E-state index contributed by atoms with van der Waals surface area (Å²) >= 11 is 11.9. The molecule has 6 aromatic rings. The van der Waals surface area contributed by atoms with E-state index in [0.29, 0.717) is 16.1 Å². The van der Waals surface area contributed by atoms with Crippen molar-refractivity contribution >= 4 is 46.5 Å². The van der Waals surface area contributed by atoms with Gasteiger partial charge in [-0.1, -0.05) is 83.9 Å². The van der Waals surface area contributed by atoms with Gasteiger partial charge in [0.1, 0.15) is 12.1 Å². The summed E-state index contributed by atoms with van der Waals surface area (Å²) in [5.74, 6) is -1.70. The summed E-state index contributed by atoms with van der Waals surface area (Å²) in [5.41, 5.74) is 1.27. The number of hydrogen-bond donors (Lipinski definition) is 1. The number of nitro groups is 2. The van der Waals surface area contributed by atoms with Gasteiger partial charge < -0.3 is 19.0 Å². The van der Waals surface area contributed by atoms with Crippen molar-refractivity contribution in [2.75, 3.05) is 7.11 Å². The highest BCUT2D eigenvalue weighted by molar-refractivity contribution is 6.31. The number of rotatable bonds is 12. The first-order chi connectivity index (χ1) is 27.3. The zero-order valence-corrected chi connectivity index (χ0v) is 31.4. The van der Waals surface area contributed by atoms with E-state index in [9.17, 15) is 44.5 Å². The second-order valence-electron chi connectivity index (χ2n) is 12.4. The van der Waals surface area contributed by atoms with Crippen LogP contribution in [0.2, 0.25) is 10.0 Å². The molecule has 1 N–H and O–H groups in total. The molecular weight excluding hydrogens is 779 g/mol. The number of methoxy groups -OCH3 is 1. The van der Waals surface area contributed by atoms with E-state index in [1.807, 2.05) is 36.4 Å². The quantitative estimate of drug-likeness (QED) is 0.0719. The minimum atomic E-state index is -1.15. The Morgan fingerprint density at radius 3 is 1.42 bits per heavy atom. The molecule has 0 saturated carbocycles. The number of carboxylic acid groups (broad SMARTS) is 1. The number of hydrogen-bond acceptors (Lipinski definition) is 9. The van der Waals surface area contributed by atoms with Gasteiger partial charge in [-0.2, -0.15) is 0 Å². The van der Waals surface area contributed by atoms with Crippen molar-refractivity contribution in [2.24, 2.45) is 0 Å². The van der Waals surface area contributed by atoms with Gasteiger partial charge in [-0.15, -0.1) is 0 Å². The van der Waals surface area contributed by atoms with Gasteiger partial charge >= 0.3 is 11.9 Å². The number of pyridine rings is 2. The van der Waals surface area contributed by atoms with E-state index in [0.717, 1.165) is 15.7 Å². The molecule has 0 aliphatic rings. The number of benzene rings is 4. The third kappa shape index (κ3) is 10.2. The van der Waals surface area contributed by atoms with E-state index in [1.165, 1.54) is 78.7 Å². The number of halogens is 2. The second-order valence-corrected chi connectivity index (χ2v) is 13.3. The van der Waals surface area contributed by atoms with E-state index in [2.05, 4.69) is 0 Å². The molecule has 0 fully saturated rings. The number of carbonyl (C=O) groups excluding carboxylic acids is 1. The Hall–Kier alpha value is -6.90. The zero-order valence-electron chi connectivity index (χ0n) is 29.9. The van der Waals surface area contributed by atoms with Crippen LogP contribution in [0.25, 0.3) is 22.3 Å². The molecular formula is C41H32Cl2N4O10. The van der Waals surface area contributed by atoms with Gasteiger partial charge in [0.25, 0.3) is 22.5 Å². The second kappa shape index (κ2) is 18.6. The van der Waals surface area contributed by atoms with Crippen LogP contribution in [0, 0.1) is 20.2 Å². The monoisotopic (exact) mass is 810 g/mol. The first-order valence-corrected chi connectivity index (χ1v) is 17.7. The average molecular weight is 812 g/mol. The Kier molecular flexibility index (Phi) is 13.5. The van der Waals surface area contributed by atoms with Crippen molar-refractivity contribution in [3.8, 4) is 22.3 Å². The van der Waals surface area contributed by atoms with E-state index < -0.39 is 45.0 Å². The molecule has 0 amide bonds. The summed E-state index contributed by atoms with van der Waals surface area (Å²) in [6.07, 6.45) is 3.17. The summed E-state index contributed by atoms with van der Waals surface area (Å²) in [6, 6.07) is 29.9. The number of nitro benzene ring substituents is 2. The van der Waals surface area contributed by atoms with Gasteiger partial charge in [-0.25, -0.2) is 9.59 Å². The van der Waals surface area contributed by atoms with Crippen molar-refractivity contribution in [1.82, 2.24) is 9.13 Å². The molecule has 2 heterocycles. The first-order valence-electron chi connectivity index (χ1n) is 17.0. The molecule has 2 unspecified atom stereocenters. The van der Waals surface area contributed by atoms with E-state index in [1.54, 1.807) is 30.3 Å². The van der Waals surface area contributed by atoms with Crippen LogP contribution in [-0.4, -0.2) is 43.1 Å². The van der Waals surface area contributed by atoms with Crippen LogP contribution in [0.4, 0.5) is 11.4 Å². The molecule has 0 bridgehead atoms. The van der Waals surface area contributed by atoms with Crippen molar-refractivity contribution in [3.63, 3.8) is 0 Å². The lowest BCUT2D eigenvalue weighted by Gasteiger charge is -2.18. The smallest absolute Gasteiger partial charge is 0.329 e. The summed E-state index contributed by atoms with van der Waals surface area (Å²) in [4.78, 5) is 70.9. The standard InChI is InChI=1S/C21H17ClN2O5.C20H15ClN2O5/c1-29-21(26)19(11-14-5-3-2-4-6-14)23-10-9-15(12-20(23)25)17-13-16(22)7-8-18(17)24(27)28;21-15-6-7-17(23(27)28)16(12-15)14-8-9-22(19(24)11-14)18(20(25)26)10-13-4-2-1-3-5-13/h2-10,12-13,19H,11H2,1H3;1-9,11-12,18H,10H2,(H,25,26). The Morgan fingerprint density at radius 2 is 1.05 bits per heavy atom. The summed E-state index contributed by atoms with van der Waals surface area (Å²) in [6.45, 7) is 0. The largest absolute Gasteiger partial charge is 0.480 e. The lowest BCUT2D eigenvalue weighted by molar-refractivity contribution is -0.384. The fraction of sp³-hybridized carbons (Fsp3) is 0.122. The van der Waals surface area contributed by atoms with Crippen LogP contribution >= 0.6 is 23.2 Å². The first kappa shape index (κ1) is 41.3. The number of carboxylic acids is 1. The molecule has 16 heteroatoms. The van der Waals surface area contributed by atoms with Crippen LogP contribution in [0.5, 0.6) is 0 Å². The molecule has 57 heavy (non-hydrogen) atoms. The van der Waals surface area contributed by atoms with Crippen molar-refractivity contribution in [3.05, 3.63) is 196 Å². The van der Waals surface area contributed by atoms with Crippen LogP contribution < -0.4 is 11.1 Å². The van der Waals surface area contributed by atoms with Gasteiger partial charge in [0, 0.05) is 59.5 Å². The van der Waals surface area contributed by atoms with Crippen LogP contribution in [0.15, 0.2) is 143 Å². The van der Waals surface area contributed by atoms with E-state index in [4.69, 9.17) is 27.9 Å². The molecule has 2 aromatic heterocycles. The SMILES string of the molecule is COC(=O)C(Cc1ccccc1)n1ccc(-c2cc(Cl)ccc2[N+](=O)[O-])cc1=O.O=C(O)C(Cc1ccccc1)n1ccc(-c2cc(Cl)ccc2[N+](=O)[O-])cc1=O. The Balaban J connectivity index is 0.000000218. The average Bonchev–Trinajstić information content (AvgIpc) is 3.19. The van der Waals surface area contributed by atoms with Gasteiger partial charge in [0.05, 0.1) is 28.1 Å². The van der Waals surface area contributed by atoms with Crippen molar-refractivity contribution < 1.29 is 29.3 Å². The fourth-order valence-corrected chi connectivity index (χ4v) is 6.38. The highest BCUT2D eigenvalue weighted by Crippen LogP contribution is 2.33. The molecule has 0 spiro atoms. The molecule has 4 aromatic carbocycles. The number of ether oxygens (including phenoxy) is 1. The van der Waals surface area contributed by atoms with Gasteiger partial charge in [-0.3, -0.25) is 29.8 Å². The molecule has 0 radical (unpaired) electrons. The number of carbonyl (C=O) groups is 2. The number of esters is 1. The van der Waals surface area contributed by atoms with Crippen molar-refractivity contribution in [1.29, 1.82) is 0 Å². The van der Waals surface area contributed by atoms with Gasteiger partial charge in [0.2, 0.25) is 0 Å². The predicted molar refractivity (Wildman–Crippen MR) is 214 cm³/mol. The van der Waals surface area contributed by atoms with E-state index in [-0.39, 0.29) is 40.4 Å². The third-order valence-corrected chi connectivity index (χ3v) is 9.27. The predicted octanol–water partition coefficient (Wildman–Crippen LogP) is 7.98. The molecule has 2 atom stereocenters. The Bertz CT molecular complexity index is 2560. The number of aromatic nitrogens is 2. The molecule has 0 aliphatic heterocycles. The minimum absolute atomic E-state index is 0.132. The Labute approximate surface area is 334 Å². The molecule has 0 saturated heterocycles. The highest BCUT2D eigenvalue weighted by Gasteiger charge is 2.25. The van der Waals surface area contributed by atoms with Gasteiger partial charge in [0.15, 0.2) is 0 Å². The molecule has 0 aliphatic carbocycles. The van der Waals surface area contributed by atoms with Crippen LogP contribution in [0.3, 0.4) is 0 Å². The number of aliphatic carboxylic acids is 1. The van der Waals surface area contributed by atoms with Crippen LogP contribution in [0.1, 0.15) is 23.2 Å². The minimum Gasteiger partial charge on any atom is -0.480 e. The maximum absolute atomic E-state index is 12.8. The summed E-state index contributed by atoms with van der Waals surface area (Å²) < 4.78 is 7.24. The fourth-order valence-electron chi connectivity index (χ4n) is 6.04. The molecule has 6 rings (SSSR count). The summed E-state index contributed by atoms with van der Waals surface area (Å²) in [5, 5.41) is 32.8. The Morgan fingerprint density at radius 1 is 0.649 bits per heavy atom. The van der Waals surface area contributed by atoms with Gasteiger partial charge in [-0.05, 0) is 58.7 Å². The molecule has 14 nitrogen and oxygen atoms in total. The topological polar surface area (TPSA) is 194 Å². The van der Waals surface area contributed by atoms with E-state index >= 15 is 0 Å². The lowest BCUT2D eigenvalue weighted by atomic mass is 10.0. The van der Waals surface area contributed by atoms with Crippen molar-refractivity contribution in [2.45, 2.75) is 24.9 Å². The molecule has 290 valence electrons. The maximum atomic E-state index is 12.8.